The first-order valence-corrected chi connectivity index (χ1v) is 13.7. The molecule has 1 aromatic carbocycles. The van der Waals surface area contributed by atoms with Crippen molar-refractivity contribution in [3.63, 3.8) is 0 Å². The zero-order valence-electron chi connectivity index (χ0n) is 21.2. The summed E-state index contributed by atoms with van der Waals surface area (Å²) in [7, 11) is -1.21. The van der Waals surface area contributed by atoms with Crippen molar-refractivity contribution in [1.29, 1.82) is 0 Å². The van der Waals surface area contributed by atoms with Crippen LogP contribution in [0.3, 0.4) is 0 Å². The molecule has 37 heavy (non-hydrogen) atoms. The van der Waals surface area contributed by atoms with Crippen LogP contribution >= 0.6 is 0 Å². The van der Waals surface area contributed by atoms with Crippen molar-refractivity contribution in [3.8, 4) is 22.9 Å². The molecule has 1 fully saturated rings. The molecule has 4 heterocycles. The minimum absolute atomic E-state index is 0.0172. The Balaban J connectivity index is 1.39. The first-order valence-electron chi connectivity index (χ1n) is 12.1. The summed E-state index contributed by atoms with van der Waals surface area (Å²) >= 11 is 0. The van der Waals surface area contributed by atoms with Gasteiger partial charge < -0.3 is 20.2 Å². The molecule has 2 N–H and O–H groups in total. The highest BCUT2D eigenvalue weighted by molar-refractivity contribution is 7.89. The highest BCUT2D eigenvalue weighted by atomic mass is 32.2. The molecule has 0 atom stereocenters. The number of nitrogen functional groups attached to an aromatic ring is 1. The van der Waals surface area contributed by atoms with E-state index < -0.39 is 15.6 Å². The van der Waals surface area contributed by atoms with E-state index in [4.69, 9.17) is 17.0 Å². The molecule has 0 saturated carbocycles. The third kappa shape index (κ3) is 4.66. The lowest BCUT2D eigenvalue weighted by Gasteiger charge is -2.45. The molecule has 0 unspecified atom stereocenters. The van der Waals surface area contributed by atoms with Gasteiger partial charge in [0.2, 0.25) is 16.6 Å². The second kappa shape index (κ2) is 9.41. The molecule has 5 rings (SSSR count). The number of sulfonamides is 1. The zero-order chi connectivity index (χ0) is 26.4. The number of benzene rings is 1. The lowest BCUT2D eigenvalue weighted by molar-refractivity contribution is 0.0832. The molecule has 0 radical (unpaired) electrons. The van der Waals surface area contributed by atoms with Gasteiger partial charge >= 0.3 is 0 Å². The molecule has 2 aromatic heterocycles. The summed E-state index contributed by atoms with van der Waals surface area (Å²) in [6, 6.07) is 4.27. The van der Waals surface area contributed by atoms with Gasteiger partial charge in [-0.25, -0.2) is 25.0 Å². The number of hydrogen-bond acceptors (Lipinski definition) is 8. The van der Waals surface area contributed by atoms with E-state index in [1.54, 1.807) is 24.0 Å². The smallest absolute Gasteiger partial charge is 0.263 e. The summed E-state index contributed by atoms with van der Waals surface area (Å²) in [5.41, 5.74) is 10.9. The SMILES string of the molecule is [C-]#[N+]CC1(n2cc(Oc3nc(-c4cc(C)c5c(c4)CN(C)CC5)cnc3N)cn2)CN(S(=O)(=O)CC)C1. The van der Waals surface area contributed by atoms with Crippen molar-refractivity contribution in [1.82, 2.24) is 29.0 Å². The fraction of sp³-hybridized carbons (Fsp3) is 0.440. The topological polar surface area (TPSA) is 124 Å². The number of aryl methyl sites for hydroxylation is 1. The fourth-order valence-electron chi connectivity index (χ4n) is 4.99. The second-order valence-electron chi connectivity index (χ2n) is 9.80. The van der Waals surface area contributed by atoms with Gasteiger partial charge in [-0.3, -0.25) is 4.68 Å². The Morgan fingerprint density at radius 3 is 2.78 bits per heavy atom. The summed E-state index contributed by atoms with van der Waals surface area (Å²) in [5.74, 6) is 0.698. The van der Waals surface area contributed by atoms with E-state index in [0.717, 1.165) is 25.1 Å². The third-order valence-electron chi connectivity index (χ3n) is 7.14. The Bertz CT molecular complexity index is 1490. The summed E-state index contributed by atoms with van der Waals surface area (Å²) in [6.45, 7) is 13.5. The number of hydrogen-bond donors (Lipinski definition) is 1. The van der Waals surface area contributed by atoms with Crippen molar-refractivity contribution in [3.05, 3.63) is 58.8 Å². The summed E-state index contributed by atoms with van der Waals surface area (Å²) in [6.07, 6.45) is 5.82. The van der Waals surface area contributed by atoms with E-state index in [9.17, 15) is 8.42 Å². The molecule has 2 aliphatic heterocycles. The van der Waals surface area contributed by atoms with Crippen molar-refractivity contribution >= 4 is 15.8 Å². The maximum atomic E-state index is 12.2. The molecule has 0 amide bonds. The number of aromatic nitrogens is 4. The van der Waals surface area contributed by atoms with Crippen molar-refractivity contribution < 1.29 is 13.2 Å². The van der Waals surface area contributed by atoms with Gasteiger partial charge in [0.25, 0.3) is 5.88 Å². The predicted octanol–water partition coefficient (Wildman–Crippen LogP) is 2.29. The number of anilines is 1. The third-order valence-corrected chi connectivity index (χ3v) is 8.92. The summed E-state index contributed by atoms with van der Waals surface area (Å²) in [4.78, 5) is 14.8. The Hall–Kier alpha value is -3.53. The van der Waals surface area contributed by atoms with Crippen molar-refractivity contribution in [2.24, 2.45) is 0 Å². The molecule has 0 aliphatic carbocycles. The number of rotatable bonds is 7. The van der Waals surface area contributed by atoms with Crippen LogP contribution in [-0.4, -0.2) is 76.4 Å². The Labute approximate surface area is 216 Å². The quantitative estimate of drug-likeness (QED) is 0.469. The Morgan fingerprint density at radius 2 is 2.05 bits per heavy atom. The minimum atomic E-state index is -3.33. The minimum Gasteiger partial charge on any atom is -0.433 e. The first-order chi connectivity index (χ1) is 17.6. The highest BCUT2D eigenvalue weighted by Gasteiger charge is 2.52. The van der Waals surface area contributed by atoms with Crippen LogP contribution in [0.1, 0.15) is 23.6 Å². The van der Waals surface area contributed by atoms with E-state index in [2.05, 4.69) is 50.9 Å². The van der Waals surface area contributed by atoms with Crippen LogP contribution in [0.25, 0.3) is 16.1 Å². The van der Waals surface area contributed by atoms with Gasteiger partial charge in [-0.2, -0.15) is 9.40 Å². The maximum absolute atomic E-state index is 12.2. The van der Waals surface area contributed by atoms with E-state index >= 15 is 0 Å². The van der Waals surface area contributed by atoms with Gasteiger partial charge in [0, 0.05) is 31.7 Å². The molecular formula is C25H30N8O3S. The van der Waals surface area contributed by atoms with Gasteiger partial charge in [0.05, 0.1) is 30.0 Å². The maximum Gasteiger partial charge on any atom is 0.263 e. The molecule has 12 heteroatoms. The highest BCUT2D eigenvalue weighted by Crippen LogP contribution is 2.35. The Morgan fingerprint density at radius 1 is 1.27 bits per heavy atom. The molecule has 0 spiro atoms. The van der Waals surface area contributed by atoms with Gasteiger partial charge in [0.15, 0.2) is 17.1 Å². The number of ether oxygens (including phenoxy) is 1. The molecule has 194 valence electrons. The number of nitrogens with zero attached hydrogens (tertiary/aromatic N) is 7. The van der Waals surface area contributed by atoms with Crippen LogP contribution < -0.4 is 10.5 Å². The average molecular weight is 523 g/mol. The molecule has 1 saturated heterocycles. The normalized spacial score (nSPS) is 17.6. The lowest BCUT2D eigenvalue weighted by Crippen LogP contribution is -2.65. The molecule has 3 aromatic rings. The van der Waals surface area contributed by atoms with Crippen molar-refractivity contribution in [2.45, 2.75) is 32.4 Å². The van der Waals surface area contributed by atoms with Gasteiger partial charge in [-0.1, -0.05) is 0 Å². The molecular weight excluding hydrogens is 492 g/mol. The van der Waals surface area contributed by atoms with E-state index in [1.807, 2.05) is 0 Å². The molecule has 11 nitrogen and oxygen atoms in total. The van der Waals surface area contributed by atoms with Crippen LogP contribution in [0.4, 0.5) is 5.82 Å². The lowest BCUT2D eigenvalue weighted by atomic mass is 9.92. The summed E-state index contributed by atoms with van der Waals surface area (Å²) < 4.78 is 33.4. The van der Waals surface area contributed by atoms with Crippen molar-refractivity contribution in [2.75, 3.05) is 44.7 Å². The fourth-order valence-corrected chi connectivity index (χ4v) is 6.23. The number of likely N-dealkylation sites (N-methyl/N-ethyl adjacent to an activating group) is 1. The predicted molar refractivity (Wildman–Crippen MR) is 139 cm³/mol. The van der Waals surface area contributed by atoms with E-state index in [1.165, 1.54) is 27.2 Å². The number of nitrogens with two attached hydrogens (primary N) is 1. The zero-order valence-corrected chi connectivity index (χ0v) is 22.0. The average Bonchev–Trinajstić information content (AvgIpc) is 3.30. The van der Waals surface area contributed by atoms with E-state index in [-0.39, 0.29) is 37.1 Å². The molecule has 2 aliphatic rings. The van der Waals surface area contributed by atoms with Crippen LogP contribution in [0, 0.1) is 13.5 Å². The monoisotopic (exact) mass is 522 g/mol. The van der Waals surface area contributed by atoms with E-state index in [0.29, 0.717) is 11.4 Å². The van der Waals surface area contributed by atoms with Gasteiger partial charge in [0.1, 0.15) is 0 Å². The van der Waals surface area contributed by atoms with Crippen LogP contribution in [-0.2, 0) is 28.5 Å². The Kier molecular flexibility index (Phi) is 6.39. The van der Waals surface area contributed by atoms with Gasteiger partial charge in [-0.05, 0) is 56.1 Å². The second-order valence-corrected chi connectivity index (χ2v) is 12.1. The molecule has 0 bridgehead atoms. The standard InChI is InChI=1S/C25H30N8O3S/c1-5-37(34,35)32-15-25(16-32,14-27-3)33-13-20(10-29-33)36-24-23(26)28-11-22(30-24)18-8-17(2)21-6-7-31(4)12-19(21)9-18/h8-11,13H,5-7,12,14-16H2,1-2,4H3,(H2,26,28). The number of fused-ring (bicyclic) bond motifs is 1. The largest absolute Gasteiger partial charge is 0.433 e. The van der Waals surface area contributed by atoms with Crippen LogP contribution in [0.15, 0.2) is 30.7 Å². The summed E-state index contributed by atoms with van der Waals surface area (Å²) in [5, 5.41) is 4.38. The first kappa shape index (κ1) is 25.1. The van der Waals surface area contributed by atoms with Crippen LogP contribution in [0.5, 0.6) is 11.6 Å². The van der Waals surface area contributed by atoms with Crippen LogP contribution in [0.2, 0.25) is 0 Å². The van der Waals surface area contributed by atoms with Gasteiger partial charge in [-0.15, -0.1) is 0 Å².